The van der Waals surface area contributed by atoms with Crippen molar-refractivity contribution in [1.29, 1.82) is 0 Å². The maximum absolute atomic E-state index is 6.22. The van der Waals surface area contributed by atoms with E-state index in [2.05, 4.69) is 45.0 Å². The van der Waals surface area contributed by atoms with Gasteiger partial charge >= 0.3 is 0 Å². The van der Waals surface area contributed by atoms with Crippen molar-refractivity contribution in [2.75, 3.05) is 6.54 Å². The third kappa shape index (κ3) is 2.77. The first-order chi connectivity index (χ1) is 7.49. The Morgan fingerprint density at radius 2 is 2.00 bits per heavy atom. The molecular formula is C12H22ClN3. The van der Waals surface area contributed by atoms with Crippen molar-refractivity contribution in [2.24, 2.45) is 0 Å². The highest BCUT2D eigenvalue weighted by molar-refractivity contribution is 6.31. The van der Waals surface area contributed by atoms with Crippen LogP contribution in [0.1, 0.15) is 52.3 Å². The third-order valence-corrected chi connectivity index (χ3v) is 3.27. The smallest absolute Gasteiger partial charge is 0.0821 e. The average molecular weight is 244 g/mol. The lowest BCUT2D eigenvalue weighted by atomic mass is 9.99. The van der Waals surface area contributed by atoms with Crippen molar-refractivity contribution in [2.45, 2.75) is 52.6 Å². The molecule has 0 spiro atoms. The Morgan fingerprint density at radius 3 is 2.50 bits per heavy atom. The molecule has 1 N–H and O–H groups in total. The van der Waals surface area contributed by atoms with E-state index < -0.39 is 0 Å². The normalized spacial score (nSPS) is 15.4. The Bertz CT molecular complexity index is 333. The molecule has 92 valence electrons. The van der Waals surface area contributed by atoms with Crippen molar-refractivity contribution >= 4 is 11.6 Å². The molecule has 0 aromatic carbocycles. The van der Waals surface area contributed by atoms with Crippen LogP contribution in [0.4, 0.5) is 0 Å². The zero-order chi connectivity index (χ0) is 12.3. The van der Waals surface area contributed by atoms with Gasteiger partial charge in [0, 0.05) is 18.0 Å². The quantitative estimate of drug-likeness (QED) is 0.861. The van der Waals surface area contributed by atoms with Crippen LogP contribution in [-0.2, 0) is 0 Å². The predicted molar refractivity (Wildman–Crippen MR) is 69.2 cm³/mol. The van der Waals surface area contributed by atoms with Gasteiger partial charge in [-0.1, -0.05) is 25.4 Å². The Balaban J connectivity index is 2.97. The largest absolute Gasteiger partial charge is 0.314 e. The summed E-state index contributed by atoms with van der Waals surface area (Å²) in [4.78, 5) is 0. The summed E-state index contributed by atoms with van der Waals surface area (Å²) in [7, 11) is 0. The number of rotatable bonds is 5. The molecule has 1 aromatic rings. The van der Waals surface area contributed by atoms with Gasteiger partial charge in [0.2, 0.25) is 0 Å². The monoisotopic (exact) mass is 243 g/mol. The summed E-state index contributed by atoms with van der Waals surface area (Å²) in [5.41, 5.74) is 1.13. The van der Waals surface area contributed by atoms with Crippen molar-refractivity contribution in [3.63, 3.8) is 0 Å². The fraction of sp³-hybridized carbons (Fsp3) is 0.750. The molecule has 1 heterocycles. The molecule has 0 bridgehead atoms. The zero-order valence-electron chi connectivity index (χ0n) is 10.8. The fourth-order valence-electron chi connectivity index (χ4n) is 1.92. The second-order valence-corrected chi connectivity index (χ2v) is 4.96. The molecule has 0 amide bonds. The molecule has 1 rings (SSSR count). The van der Waals surface area contributed by atoms with Crippen molar-refractivity contribution in [3.8, 4) is 0 Å². The van der Waals surface area contributed by atoms with Crippen LogP contribution in [-0.4, -0.2) is 22.4 Å². The highest BCUT2D eigenvalue weighted by Gasteiger charge is 2.22. The number of hydrogen-bond acceptors (Lipinski definition) is 2. The first-order valence-electron chi connectivity index (χ1n) is 5.95. The van der Waals surface area contributed by atoms with Crippen molar-refractivity contribution < 1.29 is 0 Å². The lowest BCUT2D eigenvalue weighted by Gasteiger charge is -2.23. The van der Waals surface area contributed by atoms with E-state index >= 15 is 0 Å². The fourth-order valence-corrected chi connectivity index (χ4v) is 2.23. The van der Waals surface area contributed by atoms with Gasteiger partial charge in [-0.25, -0.2) is 0 Å². The van der Waals surface area contributed by atoms with E-state index in [9.17, 15) is 0 Å². The van der Waals surface area contributed by atoms with Gasteiger partial charge in [-0.3, -0.25) is 4.68 Å². The lowest BCUT2D eigenvalue weighted by Crippen LogP contribution is -2.32. The maximum Gasteiger partial charge on any atom is 0.0821 e. The Labute approximate surface area is 103 Å². The van der Waals surface area contributed by atoms with E-state index in [1.54, 1.807) is 6.20 Å². The standard InChI is InChI=1S/C12H22ClN3/c1-6-14-10(5)9(4)12-11(13)7-15-16(12)8(2)3/h7-10,14H,6H2,1-5H3. The van der Waals surface area contributed by atoms with Crippen molar-refractivity contribution in [1.82, 2.24) is 15.1 Å². The molecule has 1 aromatic heterocycles. The van der Waals surface area contributed by atoms with Crippen LogP contribution in [0.5, 0.6) is 0 Å². The van der Waals surface area contributed by atoms with Gasteiger partial charge in [-0.2, -0.15) is 5.10 Å². The molecule has 0 fully saturated rings. The predicted octanol–water partition coefficient (Wildman–Crippen LogP) is 3.22. The molecule has 0 aliphatic heterocycles. The Hall–Kier alpha value is -0.540. The molecule has 3 nitrogen and oxygen atoms in total. The molecule has 0 saturated heterocycles. The van der Waals surface area contributed by atoms with E-state index in [4.69, 9.17) is 11.6 Å². The highest BCUT2D eigenvalue weighted by Crippen LogP contribution is 2.28. The molecular weight excluding hydrogens is 222 g/mol. The van der Waals surface area contributed by atoms with E-state index in [0.29, 0.717) is 18.0 Å². The minimum Gasteiger partial charge on any atom is -0.314 e. The van der Waals surface area contributed by atoms with Crippen LogP contribution >= 0.6 is 11.6 Å². The molecule has 4 heteroatoms. The lowest BCUT2D eigenvalue weighted by molar-refractivity contribution is 0.436. The minimum atomic E-state index is 0.346. The first-order valence-corrected chi connectivity index (χ1v) is 6.33. The molecule has 2 atom stereocenters. The molecule has 0 radical (unpaired) electrons. The van der Waals surface area contributed by atoms with Crippen LogP contribution < -0.4 is 5.32 Å². The minimum absolute atomic E-state index is 0.346. The van der Waals surface area contributed by atoms with E-state index in [1.165, 1.54) is 0 Å². The Kier molecular flexibility index (Phi) is 4.81. The molecule has 2 unspecified atom stereocenters. The molecule has 16 heavy (non-hydrogen) atoms. The summed E-state index contributed by atoms with van der Waals surface area (Å²) in [5, 5.41) is 8.53. The molecule has 0 aliphatic carbocycles. The van der Waals surface area contributed by atoms with Gasteiger partial charge in [0.1, 0.15) is 0 Å². The first kappa shape index (κ1) is 13.5. The van der Waals surface area contributed by atoms with Crippen LogP contribution in [0, 0.1) is 0 Å². The maximum atomic E-state index is 6.22. The second-order valence-electron chi connectivity index (χ2n) is 4.55. The number of nitrogens with one attached hydrogen (secondary N) is 1. The summed E-state index contributed by atoms with van der Waals surface area (Å²) in [5.74, 6) is 0.359. The summed E-state index contributed by atoms with van der Waals surface area (Å²) in [6, 6.07) is 0.746. The summed E-state index contributed by atoms with van der Waals surface area (Å²) in [6.45, 7) is 11.7. The van der Waals surface area contributed by atoms with Crippen LogP contribution in [0.25, 0.3) is 0 Å². The zero-order valence-corrected chi connectivity index (χ0v) is 11.5. The van der Waals surface area contributed by atoms with Gasteiger partial charge in [0.15, 0.2) is 0 Å². The third-order valence-electron chi connectivity index (χ3n) is 2.98. The Morgan fingerprint density at radius 1 is 1.38 bits per heavy atom. The van der Waals surface area contributed by atoms with E-state index in [1.807, 2.05) is 4.68 Å². The average Bonchev–Trinajstić information content (AvgIpc) is 2.59. The van der Waals surface area contributed by atoms with Gasteiger partial charge in [0.05, 0.1) is 16.9 Å². The number of aromatic nitrogens is 2. The van der Waals surface area contributed by atoms with Crippen LogP contribution in [0.15, 0.2) is 6.20 Å². The number of halogens is 1. The number of hydrogen-bond donors (Lipinski definition) is 1. The van der Waals surface area contributed by atoms with E-state index in [0.717, 1.165) is 17.3 Å². The van der Waals surface area contributed by atoms with Crippen molar-refractivity contribution in [3.05, 3.63) is 16.9 Å². The summed E-state index contributed by atoms with van der Waals surface area (Å²) in [6.07, 6.45) is 1.74. The van der Waals surface area contributed by atoms with Gasteiger partial charge in [0.25, 0.3) is 0 Å². The topological polar surface area (TPSA) is 29.9 Å². The number of likely N-dealkylation sites (N-methyl/N-ethyl adjacent to an activating group) is 1. The molecule has 0 aliphatic rings. The second kappa shape index (κ2) is 5.69. The molecule has 0 saturated carbocycles. The van der Waals surface area contributed by atoms with Crippen LogP contribution in [0.3, 0.4) is 0 Å². The highest BCUT2D eigenvalue weighted by atomic mass is 35.5. The van der Waals surface area contributed by atoms with E-state index in [-0.39, 0.29) is 0 Å². The van der Waals surface area contributed by atoms with Crippen LogP contribution in [0.2, 0.25) is 5.02 Å². The summed E-state index contributed by atoms with van der Waals surface area (Å²) < 4.78 is 2.01. The van der Waals surface area contributed by atoms with Gasteiger partial charge in [-0.15, -0.1) is 0 Å². The SMILES string of the molecule is CCNC(C)C(C)c1c(Cl)cnn1C(C)C. The number of nitrogens with zero attached hydrogens (tertiary/aromatic N) is 2. The van der Waals surface area contributed by atoms with Gasteiger partial charge in [-0.05, 0) is 27.3 Å². The van der Waals surface area contributed by atoms with Gasteiger partial charge < -0.3 is 5.32 Å². The summed E-state index contributed by atoms with van der Waals surface area (Å²) >= 11 is 6.22.